The number of nitrogens with zero attached hydrogens (tertiary/aromatic N) is 1. The summed E-state index contributed by atoms with van der Waals surface area (Å²) in [5, 5.41) is 0. The van der Waals surface area contributed by atoms with Crippen LogP contribution in [-0.2, 0) is 20.2 Å². The van der Waals surface area contributed by atoms with Crippen LogP contribution >= 0.6 is 0 Å². The number of benzene rings is 1. The lowest BCUT2D eigenvalue weighted by atomic mass is 9.97. The summed E-state index contributed by atoms with van der Waals surface area (Å²) < 4.78 is 131. The number of halogens is 6. The van der Waals surface area contributed by atoms with E-state index in [0.717, 1.165) is 0 Å². The minimum absolute atomic E-state index is 0.186. The van der Waals surface area contributed by atoms with E-state index in [1.807, 2.05) is 0 Å². The van der Waals surface area contributed by atoms with Crippen LogP contribution in [0.2, 0.25) is 0 Å². The van der Waals surface area contributed by atoms with Crippen LogP contribution in [0, 0.1) is 0 Å². The van der Waals surface area contributed by atoms with Gasteiger partial charge < -0.3 is 8.37 Å². The molecule has 2 atom stereocenters. The van der Waals surface area contributed by atoms with Crippen LogP contribution in [0.15, 0.2) is 12.1 Å². The SMILES string of the molecule is CCC1c2c(OS(=O)(=O)C(F)(F)F)ccc(OS(=O)(=O)C(F)(F)F)c2C(CC)N1C. The highest BCUT2D eigenvalue weighted by Crippen LogP contribution is 2.52. The van der Waals surface area contributed by atoms with Crippen molar-refractivity contribution < 1.29 is 51.5 Å². The maximum Gasteiger partial charge on any atom is 0.534 e. The van der Waals surface area contributed by atoms with Crippen LogP contribution in [-0.4, -0.2) is 39.8 Å². The third kappa shape index (κ3) is 4.19. The average Bonchev–Trinajstić information content (AvgIpc) is 2.86. The van der Waals surface area contributed by atoms with E-state index in [1.54, 1.807) is 18.7 Å². The lowest BCUT2D eigenvalue weighted by molar-refractivity contribution is -0.0506. The van der Waals surface area contributed by atoms with Crippen molar-refractivity contribution in [3.63, 3.8) is 0 Å². The Bertz CT molecular complexity index is 938. The summed E-state index contributed by atoms with van der Waals surface area (Å²) in [7, 11) is -10.6. The van der Waals surface area contributed by atoms with E-state index >= 15 is 0 Å². The topological polar surface area (TPSA) is 90.0 Å². The first-order chi connectivity index (χ1) is 13.5. The van der Waals surface area contributed by atoms with Crippen LogP contribution in [0.25, 0.3) is 0 Å². The summed E-state index contributed by atoms with van der Waals surface area (Å²) in [6.45, 7) is 3.20. The molecule has 1 aromatic carbocycles. The second kappa shape index (κ2) is 7.75. The molecule has 2 rings (SSSR count). The molecule has 0 amide bonds. The Hall–Kier alpha value is -1.74. The van der Waals surface area contributed by atoms with Crippen LogP contribution in [0.5, 0.6) is 11.5 Å². The lowest BCUT2D eigenvalue weighted by Gasteiger charge is -2.25. The van der Waals surface area contributed by atoms with Crippen LogP contribution in [0.3, 0.4) is 0 Å². The van der Waals surface area contributed by atoms with Crippen molar-refractivity contribution in [3.8, 4) is 11.5 Å². The van der Waals surface area contributed by atoms with E-state index in [4.69, 9.17) is 0 Å². The Kier molecular flexibility index (Phi) is 6.33. The molecule has 0 N–H and O–H groups in total. The molecule has 172 valence electrons. The molecule has 0 saturated carbocycles. The molecule has 7 nitrogen and oxygen atoms in total. The summed E-state index contributed by atoms with van der Waals surface area (Å²) in [6.07, 6.45) is 0.412. The molecule has 2 unspecified atom stereocenters. The molecule has 0 saturated heterocycles. The van der Waals surface area contributed by atoms with Gasteiger partial charge in [-0.25, -0.2) is 0 Å². The van der Waals surface area contributed by atoms with Gasteiger partial charge in [-0.15, -0.1) is 0 Å². The first-order valence-corrected chi connectivity index (χ1v) is 11.2. The van der Waals surface area contributed by atoms with Crippen molar-refractivity contribution in [2.75, 3.05) is 7.05 Å². The van der Waals surface area contributed by atoms with Gasteiger partial charge in [0.1, 0.15) is 11.5 Å². The molecule has 15 heteroatoms. The first-order valence-electron chi connectivity index (χ1n) is 8.38. The zero-order chi connectivity index (χ0) is 23.3. The normalized spacial score (nSPS) is 20.8. The fraction of sp³-hybridized carbons (Fsp3) is 0.600. The lowest BCUT2D eigenvalue weighted by Crippen LogP contribution is -2.29. The van der Waals surface area contributed by atoms with Crippen molar-refractivity contribution in [2.24, 2.45) is 0 Å². The predicted molar refractivity (Wildman–Crippen MR) is 91.5 cm³/mol. The molecule has 0 bridgehead atoms. The Morgan fingerprint density at radius 1 is 0.800 bits per heavy atom. The van der Waals surface area contributed by atoms with Crippen molar-refractivity contribution in [1.82, 2.24) is 4.90 Å². The quantitative estimate of drug-likeness (QED) is 0.342. The van der Waals surface area contributed by atoms with Gasteiger partial charge in [0, 0.05) is 23.2 Å². The number of alkyl halides is 6. The Morgan fingerprint density at radius 2 is 1.10 bits per heavy atom. The first kappa shape index (κ1) is 24.5. The van der Waals surface area contributed by atoms with Gasteiger partial charge in [0.25, 0.3) is 0 Å². The summed E-state index contributed by atoms with van der Waals surface area (Å²) in [5.74, 6) is -1.54. The molecule has 0 spiro atoms. The van der Waals surface area contributed by atoms with Gasteiger partial charge in [0.2, 0.25) is 0 Å². The van der Waals surface area contributed by atoms with E-state index in [9.17, 15) is 43.2 Å². The van der Waals surface area contributed by atoms with Gasteiger partial charge in [0.15, 0.2) is 0 Å². The van der Waals surface area contributed by atoms with Crippen LogP contribution in [0.4, 0.5) is 26.3 Å². The van der Waals surface area contributed by atoms with E-state index in [-0.39, 0.29) is 24.0 Å². The van der Waals surface area contributed by atoms with E-state index in [1.165, 1.54) is 7.05 Å². The van der Waals surface area contributed by atoms with Crippen molar-refractivity contribution >= 4 is 20.2 Å². The van der Waals surface area contributed by atoms with Gasteiger partial charge >= 0.3 is 31.3 Å². The average molecular weight is 485 g/mol. The fourth-order valence-electron chi connectivity index (χ4n) is 3.37. The highest BCUT2D eigenvalue weighted by molar-refractivity contribution is 7.88. The monoisotopic (exact) mass is 485 g/mol. The summed E-state index contributed by atoms with van der Waals surface area (Å²) in [4.78, 5) is 1.56. The molecular formula is C15H17F6NO6S2. The summed E-state index contributed by atoms with van der Waals surface area (Å²) in [5.41, 5.74) is -11.9. The second-order valence-electron chi connectivity index (χ2n) is 6.37. The van der Waals surface area contributed by atoms with Gasteiger partial charge in [-0.1, -0.05) is 13.8 Å². The largest absolute Gasteiger partial charge is 0.534 e. The molecule has 0 fully saturated rings. The standard InChI is InChI=1S/C15H17F6NO6S2/c1-4-8-12-10(27-29(23,24)14(16,17)18)6-7-11(13(12)9(5-2)22(8)3)28-30(25,26)15(19,20)21/h6-9H,4-5H2,1-3H3. The van der Waals surface area contributed by atoms with E-state index in [0.29, 0.717) is 12.1 Å². The van der Waals surface area contributed by atoms with Gasteiger partial charge in [-0.2, -0.15) is 43.2 Å². The van der Waals surface area contributed by atoms with E-state index < -0.39 is 54.8 Å². The number of rotatable bonds is 6. The highest BCUT2D eigenvalue weighted by atomic mass is 32.2. The van der Waals surface area contributed by atoms with Crippen molar-refractivity contribution in [3.05, 3.63) is 23.3 Å². The molecule has 0 aromatic heterocycles. The Labute approximate surface area is 168 Å². The van der Waals surface area contributed by atoms with Gasteiger partial charge in [0.05, 0.1) is 0 Å². The van der Waals surface area contributed by atoms with Gasteiger partial charge in [-0.3, -0.25) is 4.90 Å². The summed E-state index contributed by atoms with van der Waals surface area (Å²) in [6, 6.07) is -0.253. The third-order valence-corrected chi connectivity index (χ3v) is 6.53. The highest BCUT2D eigenvalue weighted by Gasteiger charge is 2.51. The van der Waals surface area contributed by atoms with Crippen molar-refractivity contribution in [1.29, 1.82) is 0 Å². The zero-order valence-electron chi connectivity index (χ0n) is 15.7. The molecule has 0 radical (unpaired) electrons. The minimum atomic E-state index is -6.07. The molecule has 1 aliphatic heterocycles. The molecule has 1 heterocycles. The fourth-order valence-corrected chi connectivity index (χ4v) is 4.32. The maximum absolute atomic E-state index is 12.8. The second-order valence-corrected chi connectivity index (χ2v) is 9.44. The zero-order valence-corrected chi connectivity index (χ0v) is 17.3. The van der Waals surface area contributed by atoms with Gasteiger partial charge in [-0.05, 0) is 32.0 Å². The molecular weight excluding hydrogens is 468 g/mol. The number of hydrogen-bond acceptors (Lipinski definition) is 7. The molecule has 1 aromatic rings. The molecule has 1 aliphatic rings. The van der Waals surface area contributed by atoms with Crippen LogP contribution in [0.1, 0.15) is 49.9 Å². The Morgan fingerprint density at radius 3 is 1.33 bits per heavy atom. The van der Waals surface area contributed by atoms with Crippen molar-refractivity contribution in [2.45, 2.75) is 49.8 Å². The molecule has 0 aliphatic carbocycles. The predicted octanol–water partition coefficient (Wildman–Crippen LogP) is 3.99. The maximum atomic E-state index is 12.8. The number of fused-ring (bicyclic) bond motifs is 1. The minimum Gasteiger partial charge on any atom is -0.376 e. The van der Waals surface area contributed by atoms with E-state index in [2.05, 4.69) is 8.37 Å². The summed E-state index contributed by atoms with van der Waals surface area (Å²) >= 11 is 0. The number of hydrogen-bond donors (Lipinski definition) is 0. The molecule has 30 heavy (non-hydrogen) atoms. The van der Waals surface area contributed by atoms with Crippen LogP contribution < -0.4 is 8.37 Å². The third-order valence-electron chi connectivity index (χ3n) is 4.60. The Balaban J connectivity index is 2.73. The smallest absolute Gasteiger partial charge is 0.376 e.